The monoisotopic (exact) mass is 247 g/mol. The number of rotatable bonds is 3. The molecule has 2 rings (SSSR count). The lowest BCUT2D eigenvalue weighted by molar-refractivity contribution is 0.268. The van der Waals surface area contributed by atoms with Gasteiger partial charge in [0.2, 0.25) is 0 Å². The van der Waals surface area contributed by atoms with Crippen molar-refractivity contribution in [3.05, 3.63) is 59.1 Å². The topological polar surface area (TPSA) is 46.2 Å². The van der Waals surface area contributed by atoms with E-state index in [0.717, 1.165) is 21.7 Å². The van der Waals surface area contributed by atoms with E-state index < -0.39 is 0 Å². The van der Waals surface area contributed by atoms with E-state index in [1.54, 1.807) is 0 Å². The van der Waals surface area contributed by atoms with Gasteiger partial charge in [-0.3, -0.25) is 0 Å². The largest absolute Gasteiger partial charge is 0.394 e. The highest BCUT2D eigenvalue weighted by Gasteiger charge is 2.06. The molecular weight excluding hydrogens is 234 g/mol. The zero-order valence-corrected chi connectivity index (χ0v) is 10.1. The van der Waals surface area contributed by atoms with E-state index >= 15 is 0 Å². The third kappa shape index (κ3) is 2.67. The Morgan fingerprint density at radius 1 is 1.06 bits per heavy atom. The van der Waals surface area contributed by atoms with Crippen LogP contribution in [-0.4, -0.2) is 11.7 Å². The fourth-order valence-corrected chi connectivity index (χ4v) is 1.96. The Labute approximate surface area is 106 Å². The number of hydrogen-bond donors (Lipinski definition) is 2. The number of halogens is 1. The van der Waals surface area contributed by atoms with Crippen molar-refractivity contribution in [3.8, 4) is 11.1 Å². The zero-order chi connectivity index (χ0) is 12.3. The summed E-state index contributed by atoms with van der Waals surface area (Å²) >= 11 is 6.12. The molecule has 0 aliphatic carbocycles. The smallest absolute Gasteiger partial charge is 0.0624 e. The van der Waals surface area contributed by atoms with Crippen LogP contribution in [0.1, 0.15) is 11.6 Å². The number of nitrogens with two attached hydrogens (primary N) is 1. The van der Waals surface area contributed by atoms with Crippen molar-refractivity contribution in [1.29, 1.82) is 0 Å². The molecule has 3 N–H and O–H groups in total. The summed E-state index contributed by atoms with van der Waals surface area (Å²) in [4.78, 5) is 0. The molecule has 88 valence electrons. The molecule has 0 aliphatic rings. The molecule has 2 aromatic carbocycles. The summed E-state index contributed by atoms with van der Waals surface area (Å²) in [6, 6.07) is 15.1. The second-order valence-corrected chi connectivity index (χ2v) is 4.30. The number of aliphatic hydroxyl groups excluding tert-OH is 1. The van der Waals surface area contributed by atoms with Gasteiger partial charge in [-0.1, -0.05) is 54.1 Å². The molecule has 0 saturated carbocycles. The second kappa shape index (κ2) is 5.32. The van der Waals surface area contributed by atoms with Gasteiger partial charge in [0.05, 0.1) is 12.6 Å². The van der Waals surface area contributed by atoms with E-state index in [-0.39, 0.29) is 12.6 Å². The van der Waals surface area contributed by atoms with Crippen LogP contribution in [0.3, 0.4) is 0 Å². The SMILES string of the molecule is N[C@H](CO)c1ccc(-c2ccccc2Cl)cc1. The summed E-state index contributed by atoms with van der Waals surface area (Å²) in [5.41, 5.74) is 8.70. The standard InChI is InChI=1S/C14H14ClNO/c15-13-4-2-1-3-12(13)10-5-7-11(8-6-10)14(16)9-17/h1-8,14,17H,9,16H2/t14-/m1/s1. The van der Waals surface area contributed by atoms with E-state index in [9.17, 15) is 0 Å². The van der Waals surface area contributed by atoms with Crippen LogP contribution >= 0.6 is 11.6 Å². The predicted octanol–water partition coefficient (Wildman–Crippen LogP) is 3.00. The summed E-state index contributed by atoms with van der Waals surface area (Å²) in [5.74, 6) is 0. The average molecular weight is 248 g/mol. The Kier molecular flexibility index (Phi) is 3.79. The van der Waals surface area contributed by atoms with Crippen LogP contribution < -0.4 is 5.73 Å². The molecule has 0 radical (unpaired) electrons. The lowest BCUT2D eigenvalue weighted by Gasteiger charge is -2.10. The van der Waals surface area contributed by atoms with Gasteiger partial charge < -0.3 is 10.8 Å². The molecule has 0 unspecified atom stereocenters. The zero-order valence-electron chi connectivity index (χ0n) is 9.31. The van der Waals surface area contributed by atoms with Crippen molar-refractivity contribution < 1.29 is 5.11 Å². The number of aliphatic hydroxyl groups is 1. The summed E-state index contributed by atoms with van der Waals surface area (Å²) in [6.07, 6.45) is 0. The van der Waals surface area contributed by atoms with Gasteiger partial charge >= 0.3 is 0 Å². The molecule has 0 aliphatic heterocycles. The Bertz CT molecular complexity index is 496. The number of hydrogen-bond acceptors (Lipinski definition) is 2. The van der Waals surface area contributed by atoms with Gasteiger partial charge in [0.15, 0.2) is 0 Å². The molecule has 2 nitrogen and oxygen atoms in total. The van der Waals surface area contributed by atoms with Gasteiger partial charge in [-0.25, -0.2) is 0 Å². The molecule has 0 heterocycles. The molecule has 2 aromatic rings. The fraction of sp³-hybridized carbons (Fsp3) is 0.143. The summed E-state index contributed by atoms with van der Waals surface area (Å²) in [6.45, 7) is -0.0502. The minimum atomic E-state index is -0.324. The minimum absolute atomic E-state index is 0.0502. The molecule has 0 amide bonds. The van der Waals surface area contributed by atoms with Crippen LogP contribution in [0.15, 0.2) is 48.5 Å². The van der Waals surface area contributed by atoms with E-state index in [0.29, 0.717) is 0 Å². The van der Waals surface area contributed by atoms with Crippen LogP contribution in [0.4, 0.5) is 0 Å². The van der Waals surface area contributed by atoms with Crippen molar-refractivity contribution in [2.75, 3.05) is 6.61 Å². The van der Waals surface area contributed by atoms with Crippen LogP contribution in [0.5, 0.6) is 0 Å². The third-order valence-corrected chi connectivity index (χ3v) is 3.05. The molecule has 17 heavy (non-hydrogen) atoms. The Morgan fingerprint density at radius 3 is 2.29 bits per heavy atom. The van der Waals surface area contributed by atoms with Crippen LogP contribution in [0.25, 0.3) is 11.1 Å². The van der Waals surface area contributed by atoms with Crippen molar-refractivity contribution in [2.24, 2.45) is 5.73 Å². The van der Waals surface area contributed by atoms with Gasteiger partial charge in [-0.15, -0.1) is 0 Å². The van der Waals surface area contributed by atoms with Crippen molar-refractivity contribution in [3.63, 3.8) is 0 Å². The highest BCUT2D eigenvalue weighted by Crippen LogP contribution is 2.28. The third-order valence-electron chi connectivity index (χ3n) is 2.72. The van der Waals surface area contributed by atoms with Gasteiger partial charge in [0.1, 0.15) is 0 Å². The maximum atomic E-state index is 8.97. The molecule has 0 aromatic heterocycles. The first-order chi connectivity index (χ1) is 8.22. The number of benzene rings is 2. The van der Waals surface area contributed by atoms with Crippen LogP contribution in [0.2, 0.25) is 5.02 Å². The molecule has 1 atom stereocenters. The van der Waals surface area contributed by atoms with Crippen molar-refractivity contribution in [1.82, 2.24) is 0 Å². The van der Waals surface area contributed by atoms with Gasteiger partial charge in [0, 0.05) is 10.6 Å². The highest BCUT2D eigenvalue weighted by molar-refractivity contribution is 6.33. The van der Waals surface area contributed by atoms with Crippen LogP contribution in [-0.2, 0) is 0 Å². The molecular formula is C14H14ClNO. The van der Waals surface area contributed by atoms with Crippen molar-refractivity contribution in [2.45, 2.75) is 6.04 Å². The molecule has 0 spiro atoms. The minimum Gasteiger partial charge on any atom is -0.394 e. The normalized spacial score (nSPS) is 12.4. The Hall–Kier alpha value is -1.35. The van der Waals surface area contributed by atoms with Crippen LogP contribution in [0, 0.1) is 0 Å². The maximum absolute atomic E-state index is 8.97. The summed E-state index contributed by atoms with van der Waals surface area (Å²) in [7, 11) is 0. The lowest BCUT2D eigenvalue weighted by atomic mass is 10.0. The average Bonchev–Trinajstić information content (AvgIpc) is 2.39. The van der Waals surface area contributed by atoms with E-state index in [4.69, 9.17) is 22.4 Å². The molecule has 0 saturated heterocycles. The van der Waals surface area contributed by atoms with E-state index in [1.165, 1.54) is 0 Å². The summed E-state index contributed by atoms with van der Waals surface area (Å²) in [5, 5.41) is 9.70. The van der Waals surface area contributed by atoms with E-state index in [2.05, 4.69) is 0 Å². The van der Waals surface area contributed by atoms with Gasteiger partial charge in [-0.05, 0) is 17.2 Å². The quantitative estimate of drug-likeness (QED) is 0.876. The second-order valence-electron chi connectivity index (χ2n) is 3.89. The predicted molar refractivity (Wildman–Crippen MR) is 70.9 cm³/mol. The lowest BCUT2D eigenvalue weighted by Crippen LogP contribution is -2.14. The maximum Gasteiger partial charge on any atom is 0.0624 e. The molecule has 3 heteroatoms. The Balaban J connectivity index is 2.33. The highest BCUT2D eigenvalue weighted by atomic mass is 35.5. The molecule has 0 fully saturated rings. The first-order valence-corrected chi connectivity index (χ1v) is 5.81. The van der Waals surface area contributed by atoms with Gasteiger partial charge in [-0.2, -0.15) is 0 Å². The first-order valence-electron chi connectivity index (χ1n) is 5.43. The Morgan fingerprint density at radius 2 is 1.71 bits per heavy atom. The van der Waals surface area contributed by atoms with Gasteiger partial charge in [0.25, 0.3) is 0 Å². The first kappa shape index (κ1) is 12.1. The van der Waals surface area contributed by atoms with Crippen molar-refractivity contribution >= 4 is 11.6 Å². The molecule has 0 bridgehead atoms. The fourth-order valence-electron chi connectivity index (χ4n) is 1.71. The summed E-state index contributed by atoms with van der Waals surface area (Å²) < 4.78 is 0. The van der Waals surface area contributed by atoms with E-state index in [1.807, 2.05) is 48.5 Å².